The quantitative estimate of drug-likeness (QED) is 0.483. The van der Waals surface area contributed by atoms with E-state index >= 15 is 0 Å². The van der Waals surface area contributed by atoms with Gasteiger partial charge in [-0.15, -0.1) is 0 Å². The Morgan fingerprint density at radius 3 is 1.27 bits per heavy atom. The summed E-state index contributed by atoms with van der Waals surface area (Å²) in [7, 11) is 0. The first-order valence-electron chi connectivity index (χ1n) is 9.25. The molecule has 0 aliphatic carbocycles. The minimum atomic E-state index is -2.39. The Labute approximate surface area is 143 Å². The van der Waals surface area contributed by atoms with E-state index in [1.165, 1.54) is 37.1 Å². The zero-order valence-electron chi connectivity index (χ0n) is 15.6. The van der Waals surface area contributed by atoms with Crippen LogP contribution in [0.1, 0.15) is 47.1 Å². The summed E-state index contributed by atoms with van der Waals surface area (Å²) in [6.07, 6.45) is 0. The van der Waals surface area contributed by atoms with E-state index in [-0.39, 0.29) is 0 Å². The molecule has 1 rings (SSSR count). The van der Waals surface area contributed by atoms with Crippen molar-refractivity contribution in [3.63, 3.8) is 0 Å². The van der Waals surface area contributed by atoms with Crippen LogP contribution in [-0.2, 0) is 3.27 Å². The normalized spacial score (nSPS) is 13.4. The summed E-state index contributed by atoms with van der Waals surface area (Å²) in [5.74, 6) is 0. The Kier molecular flexibility index (Phi) is 7.75. The first-order chi connectivity index (χ1) is 10.5. The van der Waals surface area contributed by atoms with Crippen molar-refractivity contribution in [2.24, 2.45) is 0 Å². The van der Waals surface area contributed by atoms with Gasteiger partial charge in [-0.3, -0.25) is 0 Å². The van der Waals surface area contributed by atoms with E-state index in [9.17, 15) is 5.11 Å². The van der Waals surface area contributed by atoms with Gasteiger partial charge in [-0.2, -0.15) is 0 Å². The van der Waals surface area contributed by atoms with Gasteiger partial charge in [0.15, 0.2) is 0 Å². The molecule has 0 amide bonds. The fraction of sp³-hybridized carbons (Fsp3) is 0.684. The Morgan fingerprint density at radius 1 is 0.682 bits per heavy atom. The first kappa shape index (κ1) is 20.3. The molecule has 0 heterocycles. The third kappa shape index (κ3) is 2.98. The number of aliphatic hydroxyl groups is 1. The van der Waals surface area contributed by atoms with Gasteiger partial charge in [0.1, 0.15) is 0 Å². The topological polar surface area (TPSA) is 20.2 Å². The molecule has 0 aliphatic heterocycles. The van der Waals surface area contributed by atoms with Crippen LogP contribution in [0.5, 0.6) is 0 Å². The predicted octanol–water partition coefficient (Wildman–Crippen LogP) is 5.97. The first-order valence-corrected chi connectivity index (χ1v) is 20.2. The van der Waals surface area contributed by atoms with Gasteiger partial charge < -0.3 is 0 Å². The number of benzene rings is 1. The SMILES string of the molecule is C[CH2][Ge]([CH2]C)([CH2]C)[C](O)(c1ccccc1)[Ge]([CH2]C)([CH2]C)[CH2]C. The summed E-state index contributed by atoms with van der Waals surface area (Å²) in [5, 5.41) is 19.9. The Balaban J connectivity index is 3.72. The van der Waals surface area contributed by atoms with Gasteiger partial charge in [0, 0.05) is 0 Å². The number of rotatable bonds is 9. The molecule has 0 aromatic heterocycles. The van der Waals surface area contributed by atoms with Gasteiger partial charge in [-0.05, 0) is 0 Å². The van der Waals surface area contributed by atoms with Gasteiger partial charge in [-0.25, -0.2) is 0 Å². The average Bonchev–Trinajstić information content (AvgIpc) is 2.59. The van der Waals surface area contributed by atoms with Crippen LogP contribution in [0.25, 0.3) is 0 Å². The van der Waals surface area contributed by atoms with Crippen LogP contribution in [0.15, 0.2) is 30.3 Å². The minimum absolute atomic E-state index is 0.405. The maximum absolute atomic E-state index is 12.5. The summed E-state index contributed by atoms with van der Waals surface area (Å²) in [6.45, 7) is 14.1. The summed E-state index contributed by atoms with van der Waals surface area (Å²) in [4.78, 5) is 0. The average molecular weight is 426 g/mol. The zero-order chi connectivity index (χ0) is 16.9. The predicted molar refractivity (Wildman–Crippen MR) is 105 cm³/mol. The van der Waals surface area contributed by atoms with E-state index in [4.69, 9.17) is 0 Å². The zero-order valence-corrected chi connectivity index (χ0v) is 19.8. The summed E-state index contributed by atoms with van der Waals surface area (Å²) >= 11 is -4.79. The summed E-state index contributed by atoms with van der Waals surface area (Å²) in [6, 6.07) is 10.8. The molecule has 0 spiro atoms. The molecular weight excluding hydrogens is 389 g/mol. The molecule has 0 aliphatic rings. The van der Waals surface area contributed by atoms with Crippen molar-refractivity contribution in [1.29, 1.82) is 0 Å². The molecule has 0 bridgehead atoms. The molecular formula is C19H36Ge2O. The van der Waals surface area contributed by atoms with Crippen molar-refractivity contribution in [2.45, 2.75) is 76.3 Å². The Bertz CT molecular complexity index is 399. The molecule has 0 unspecified atom stereocenters. The van der Waals surface area contributed by atoms with Crippen LogP contribution in [0.4, 0.5) is 0 Å². The molecule has 126 valence electrons. The fourth-order valence-electron chi connectivity index (χ4n) is 4.89. The van der Waals surface area contributed by atoms with Gasteiger partial charge in [0.25, 0.3) is 0 Å². The van der Waals surface area contributed by atoms with Crippen molar-refractivity contribution >= 4 is 26.5 Å². The molecule has 3 heteroatoms. The van der Waals surface area contributed by atoms with Gasteiger partial charge in [0.2, 0.25) is 0 Å². The molecule has 0 saturated carbocycles. The molecule has 1 nitrogen and oxygen atoms in total. The second-order valence-corrected chi connectivity index (χ2v) is 31.6. The number of hydrogen-bond acceptors (Lipinski definition) is 1. The third-order valence-corrected chi connectivity index (χ3v) is 43.0. The van der Waals surface area contributed by atoms with Crippen LogP contribution in [0.2, 0.25) is 31.5 Å². The van der Waals surface area contributed by atoms with Gasteiger partial charge in [-0.1, -0.05) is 0 Å². The monoisotopic (exact) mass is 428 g/mol. The van der Waals surface area contributed by atoms with E-state index < -0.39 is 29.8 Å². The van der Waals surface area contributed by atoms with Gasteiger partial charge >= 0.3 is 144 Å². The van der Waals surface area contributed by atoms with Gasteiger partial charge in [0.05, 0.1) is 0 Å². The molecule has 0 atom stereocenters. The molecule has 1 aromatic carbocycles. The van der Waals surface area contributed by atoms with E-state index in [0.717, 1.165) is 0 Å². The van der Waals surface area contributed by atoms with E-state index in [0.29, 0.717) is 0 Å². The Morgan fingerprint density at radius 2 is 1.00 bits per heavy atom. The van der Waals surface area contributed by atoms with Crippen molar-refractivity contribution in [1.82, 2.24) is 0 Å². The van der Waals surface area contributed by atoms with E-state index in [2.05, 4.69) is 71.9 Å². The van der Waals surface area contributed by atoms with Crippen molar-refractivity contribution < 1.29 is 5.11 Å². The fourth-order valence-corrected chi connectivity index (χ4v) is 47.1. The van der Waals surface area contributed by atoms with Crippen molar-refractivity contribution in [3.05, 3.63) is 35.9 Å². The Hall–Kier alpha value is 0.266. The van der Waals surface area contributed by atoms with Crippen molar-refractivity contribution in [3.8, 4) is 0 Å². The summed E-state index contributed by atoms with van der Waals surface area (Å²) < 4.78 is -0.405. The maximum atomic E-state index is 12.5. The standard InChI is InChI=1S/C19H36Ge2O/c1-7-20(8-2,9-3)19(22,18-16-14-13-15-17-18)21(10-4,11-5)12-6/h13-17,22H,7-12H2,1-6H3. The van der Waals surface area contributed by atoms with E-state index in [1.54, 1.807) is 0 Å². The summed E-state index contributed by atoms with van der Waals surface area (Å²) in [5.41, 5.74) is 1.27. The van der Waals surface area contributed by atoms with E-state index in [1.807, 2.05) is 0 Å². The van der Waals surface area contributed by atoms with Crippen molar-refractivity contribution in [2.75, 3.05) is 0 Å². The van der Waals surface area contributed by atoms with Crippen LogP contribution >= 0.6 is 0 Å². The van der Waals surface area contributed by atoms with Crippen LogP contribution in [0, 0.1) is 0 Å². The number of hydrogen-bond donors (Lipinski definition) is 1. The molecule has 1 N–H and O–H groups in total. The van der Waals surface area contributed by atoms with Crippen LogP contribution < -0.4 is 0 Å². The molecule has 0 radical (unpaired) electrons. The second kappa shape index (κ2) is 8.39. The second-order valence-electron chi connectivity index (χ2n) is 6.76. The third-order valence-electron chi connectivity index (χ3n) is 6.79. The van der Waals surface area contributed by atoms with Crippen LogP contribution in [0.3, 0.4) is 0 Å². The molecule has 22 heavy (non-hydrogen) atoms. The molecule has 0 fully saturated rings. The van der Waals surface area contributed by atoms with Crippen LogP contribution in [-0.4, -0.2) is 31.6 Å². The molecule has 0 saturated heterocycles. The molecule has 1 aromatic rings.